The van der Waals surface area contributed by atoms with Gasteiger partial charge in [0.15, 0.2) is 0 Å². The highest BCUT2D eigenvalue weighted by atomic mass is 16.2. The number of hydrogen-bond acceptors (Lipinski definition) is 4. The van der Waals surface area contributed by atoms with E-state index in [1.807, 2.05) is 38.1 Å². The summed E-state index contributed by atoms with van der Waals surface area (Å²) in [5, 5.41) is 0.946. The molecule has 0 saturated carbocycles. The Morgan fingerprint density at radius 3 is 2.67 bits per heavy atom. The summed E-state index contributed by atoms with van der Waals surface area (Å²) in [6, 6.07) is 16.3. The number of carbonyl (C=O) groups is 1. The van der Waals surface area contributed by atoms with Crippen LogP contribution in [0.2, 0.25) is 0 Å². The number of rotatable bonds is 2. The summed E-state index contributed by atoms with van der Waals surface area (Å²) in [7, 11) is 0. The van der Waals surface area contributed by atoms with Gasteiger partial charge in [0.05, 0.1) is 22.5 Å². The van der Waals surface area contributed by atoms with Crippen molar-refractivity contribution in [2.75, 3.05) is 12.0 Å². The second-order valence-corrected chi connectivity index (χ2v) is 6.64. The van der Waals surface area contributed by atoms with Crippen LogP contribution in [-0.2, 0) is 19.5 Å². The molecule has 0 spiro atoms. The van der Waals surface area contributed by atoms with Crippen LogP contribution in [0.1, 0.15) is 41.0 Å². The second-order valence-electron chi connectivity index (χ2n) is 6.64. The summed E-state index contributed by atoms with van der Waals surface area (Å²) < 4.78 is 0. The molecule has 2 aliphatic heterocycles. The first-order chi connectivity index (χ1) is 13.3. The van der Waals surface area contributed by atoms with E-state index in [-0.39, 0.29) is 5.91 Å². The van der Waals surface area contributed by atoms with E-state index in [0.717, 1.165) is 48.3 Å². The number of nitrogens with zero attached hydrogens (tertiary/aromatic N) is 2. The molecule has 0 atom stereocenters. The third-order valence-electron chi connectivity index (χ3n) is 5.04. The third kappa shape index (κ3) is 3.15. The van der Waals surface area contributed by atoms with Gasteiger partial charge in [0, 0.05) is 30.6 Å². The molecule has 3 aromatic rings. The SMILES string of the molecule is CC.O=C1NNc2c3c(nc4cccc1c24)CN(Cc1ccccc1)CC3. The molecule has 2 N–H and O–H groups in total. The molecule has 0 radical (unpaired) electrons. The van der Waals surface area contributed by atoms with Gasteiger partial charge in [-0.1, -0.05) is 50.2 Å². The van der Waals surface area contributed by atoms with Crippen molar-refractivity contribution in [1.29, 1.82) is 0 Å². The number of hydrazine groups is 1. The Labute approximate surface area is 159 Å². The number of pyridine rings is 1. The zero-order valence-electron chi connectivity index (χ0n) is 15.7. The molecule has 5 heteroatoms. The van der Waals surface area contributed by atoms with Crippen LogP contribution in [-0.4, -0.2) is 22.3 Å². The molecule has 138 valence electrons. The van der Waals surface area contributed by atoms with Gasteiger partial charge in [-0.2, -0.15) is 0 Å². The Kier molecular flexibility index (Phi) is 4.77. The fraction of sp³-hybridized carbons (Fsp3) is 0.273. The van der Waals surface area contributed by atoms with Gasteiger partial charge >= 0.3 is 0 Å². The van der Waals surface area contributed by atoms with Gasteiger partial charge in [-0.3, -0.25) is 25.5 Å². The van der Waals surface area contributed by atoms with E-state index in [9.17, 15) is 4.79 Å². The maximum Gasteiger partial charge on any atom is 0.270 e. The Morgan fingerprint density at radius 1 is 1.04 bits per heavy atom. The van der Waals surface area contributed by atoms with Crippen LogP contribution in [0.25, 0.3) is 10.9 Å². The van der Waals surface area contributed by atoms with E-state index in [2.05, 4.69) is 40.0 Å². The summed E-state index contributed by atoms with van der Waals surface area (Å²) in [6.45, 7) is 6.74. The Morgan fingerprint density at radius 2 is 1.85 bits per heavy atom. The van der Waals surface area contributed by atoms with E-state index >= 15 is 0 Å². The fourth-order valence-electron chi connectivity index (χ4n) is 3.86. The number of anilines is 1. The minimum Gasteiger partial charge on any atom is -0.297 e. The van der Waals surface area contributed by atoms with Crippen LogP contribution in [0.4, 0.5) is 5.69 Å². The summed E-state index contributed by atoms with van der Waals surface area (Å²) in [6.07, 6.45) is 0.928. The Bertz CT molecular complexity index is 985. The molecule has 5 rings (SSSR count). The monoisotopic (exact) mass is 360 g/mol. The van der Waals surface area contributed by atoms with Crippen molar-refractivity contribution in [2.45, 2.75) is 33.4 Å². The van der Waals surface area contributed by atoms with Crippen LogP contribution in [0, 0.1) is 0 Å². The quantitative estimate of drug-likeness (QED) is 0.728. The molecule has 0 fully saturated rings. The lowest BCUT2D eigenvalue weighted by Crippen LogP contribution is -2.36. The number of hydrogen-bond donors (Lipinski definition) is 2. The van der Waals surface area contributed by atoms with Crippen molar-refractivity contribution < 1.29 is 4.79 Å². The molecule has 5 nitrogen and oxygen atoms in total. The normalized spacial score (nSPS) is 15.3. The van der Waals surface area contributed by atoms with Crippen LogP contribution >= 0.6 is 0 Å². The molecule has 1 amide bonds. The number of amides is 1. The molecule has 0 saturated heterocycles. The third-order valence-corrected chi connectivity index (χ3v) is 5.04. The van der Waals surface area contributed by atoms with Crippen LogP contribution in [0.15, 0.2) is 48.5 Å². The number of aromatic nitrogens is 1. The van der Waals surface area contributed by atoms with E-state index in [4.69, 9.17) is 4.98 Å². The highest BCUT2D eigenvalue weighted by Crippen LogP contribution is 2.35. The molecule has 0 unspecified atom stereocenters. The summed E-state index contributed by atoms with van der Waals surface area (Å²) >= 11 is 0. The van der Waals surface area contributed by atoms with Crippen molar-refractivity contribution >= 4 is 22.5 Å². The number of benzene rings is 2. The summed E-state index contributed by atoms with van der Waals surface area (Å²) in [5.74, 6) is -0.0960. The number of fused-ring (bicyclic) bond motifs is 2. The average Bonchev–Trinajstić information content (AvgIpc) is 2.72. The van der Waals surface area contributed by atoms with E-state index in [1.54, 1.807) is 0 Å². The Balaban J connectivity index is 0.000000872. The van der Waals surface area contributed by atoms with Gasteiger partial charge in [0.2, 0.25) is 0 Å². The Hall–Kier alpha value is -2.92. The van der Waals surface area contributed by atoms with Crippen LogP contribution in [0.3, 0.4) is 0 Å². The second kappa shape index (κ2) is 7.37. The van der Waals surface area contributed by atoms with Crippen molar-refractivity contribution in [3.63, 3.8) is 0 Å². The topological polar surface area (TPSA) is 57.3 Å². The number of carbonyl (C=O) groups excluding carboxylic acids is 1. The lowest BCUT2D eigenvalue weighted by molar-refractivity contribution is 0.0962. The smallest absolute Gasteiger partial charge is 0.270 e. The van der Waals surface area contributed by atoms with Crippen LogP contribution in [0.5, 0.6) is 0 Å². The van der Waals surface area contributed by atoms with Crippen molar-refractivity contribution in [3.05, 3.63) is 70.9 Å². The van der Waals surface area contributed by atoms with Crippen molar-refractivity contribution in [2.24, 2.45) is 0 Å². The molecule has 0 aliphatic carbocycles. The molecule has 1 aromatic heterocycles. The predicted octanol–water partition coefficient (Wildman–Crippen LogP) is 3.89. The van der Waals surface area contributed by atoms with Gasteiger partial charge in [-0.25, -0.2) is 0 Å². The van der Waals surface area contributed by atoms with Gasteiger partial charge in [-0.15, -0.1) is 0 Å². The molecule has 27 heavy (non-hydrogen) atoms. The molecule has 0 bridgehead atoms. The van der Waals surface area contributed by atoms with Gasteiger partial charge < -0.3 is 0 Å². The highest BCUT2D eigenvalue weighted by Gasteiger charge is 2.27. The highest BCUT2D eigenvalue weighted by molar-refractivity contribution is 6.14. The molecular formula is C22H24N4O. The molecular weight excluding hydrogens is 336 g/mol. The van der Waals surface area contributed by atoms with Crippen molar-refractivity contribution in [1.82, 2.24) is 15.3 Å². The molecule has 3 heterocycles. The first-order valence-corrected chi connectivity index (χ1v) is 9.57. The largest absolute Gasteiger partial charge is 0.297 e. The van der Waals surface area contributed by atoms with E-state index in [0.29, 0.717) is 5.56 Å². The average molecular weight is 360 g/mol. The zero-order chi connectivity index (χ0) is 18.8. The van der Waals surface area contributed by atoms with Gasteiger partial charge in [-0.05, 0) is 24.1 Å². The number of nitrogens with one attached hydrogen (secondary N) is 2. The predicted molar refractivity (Wildman–Crippen MR) is 108 cm³/mol. The van der Waals surface area contributed by atoms with Gasteiger partial charge in [0.1, 0.15) is 0 Å². The maximum atomic E-state index is 12.1. The standard InChI is InChI=1S/C20H18N4O.C2H6/c25-20-15-7-4-8-16-18(15)19(22-23-20)14-9-10-24(12-17(14)21-16)11-13-5-2-1-3-6-13;1-2/h1-8,22H,9-12H2,(H,23,25);1-2H3. The van der Waals surface area contributed by atoms with E-state index < -0.39 is 0 Å². The summed E-state index contributed by atoms with van der Waals surface area (Å²) in [5.41, 5.74) is 12.1. The minimum absolute atomic E-state index is 0.0960. The molecule has 2 aliphatic rings. The van der Waals surface area contributed by atoms with Gasteiger partial charge in [0.25, 0.3) is 5.91 Å². The minimum atomic E-state index is -0.0960. The first kappa shape index (κ1) is 17.5. The lowest BCUT2D eigenvalue weighted by atomic mass is 9.95. The first-order valence-electron chi connectivity index (χ1n) is 9.57. The fourth-order valence-corrected chi connectivity index (χ4v) is 3.86. The zero-order valence-corrected chi connectivity index (χ0v) is 15.7. The van der Waals surface area contributed by atoms with E-state index in [1.165, 1.54) is 11.1 Å². The van der Waals surface area contributed by atoms with Crippen LogP contribution < -0.4 is 10.9 Å². The summed E-state index contributed by atoms with van der Waals surface area (Å²) in [4.78, 5) is 19.4. The van der Waals surface area contributed by atoms with Crippen molar-refractivity contribution in [3.8, 4) is 0 Å². The molecule has 2 aromatic carbocycles. The maximum absolute atomic E-state index is 12.1. The lowest BCUT2D eigenvalue weighted by Gasteiger charge is -2.31.